The predicted molar refractivity (Wildman–Crippen MR) is 118 cm³/mol. The molecule has 0 aliphatic carbocycles. The van der Waals surface area contributed by atoms with Crippen LogP contribution in [0.3, 0.4) is 0 Å². The fourth-order valence-corrected chi connectivity index (χ4v) is 4.12. The maximum atomic E-state index is 12.3. The molecule has 0 unspecified atom stereocenters. The van der Waals surface area contributed by atoms with Gasteiger partial charge >= 0.3 is 0 Å². The summed E-state index contributed by atoms with van der Waals surface area (Å²) in [4.78, 5) is 25.6. The first-order valence-corrected chi connectivity index (χ1v) is 10.3. The molecule has 2 amide bonds. The molecule has 0 N–H and O–H groups in total. The zero-order chi connectivity index (χ0) is 21.0. The summed E-state index contributed by atoms with van der Waals surface area (Å²) in [5, 5.41) is 0.275. The van der Waals surface area contributed by atoms with Crippen LogP contribution in [0.1, 0.15) is 11.1 Å². The molecular weight excluding hydrogens is 478 g/mol. The van der Waals surface area contributed by atoms with Gasteiger partial charge in [0.05, 0.1) is 23.0 Å². The van der Waals surface area contributed by atoms with Crippen molar-refractivity contribution in [1.29, 1.82) is 0 Å². The second kappa shape index (κ2) is 9.40. The van der Waals surface area contributed by atoms with Crippen molar-refractivity contribution in [3.05, 3.63) is 61.9 Å². The summed E-state index contributed by atoms with van der Waals surface area (Å²) in [5.41, 5.74) is 1.63. The molecule has 1 saturated heterocycles. The Morgan fingerprint density at radius 2 is 2.00 bits per heavy atom. The van der Waals surface area contributed by atoms with Crippen LogP contribution in [0.2, 0.25) is 5.02 Å². The molecule has 1 aliphatic heterocycles. The van der Waals surface area contributed by atoms with Crippen molar-refractivity contribution in [2.24, 2.45) is 0 Å². The molecule has 1 heterocycles. The lowest BCUT2D eigenvalue weighted by Gasteiger charge is -2.14. The van der Waals surface area contributed by atoms with E-state index in [9.17, 15) is 9.59 Å². The number of benzene rings is 2. The van der Waals surface area contributed by atoms with Crippen molar-refractivity contribution in [2.75, 3.05) is 13.7 Å². The number of nitrogens with zero attached hydrogens (tertiary/aromatic N) is 1. The van der Waals surface area contributed by atoms with Crippen LogP contribution in [0.25, 0.3) is 6.08 Å². The van der Waals surface area contributed by atoms with Gasteiger partial charge in [-0.05, 0) is 69.2 Å². The van der Waals surface area contributed by atoms with E-state index in [0.29, 0.717) is 38.1 Å². The summed E-state index contributed by atoms with van der Waals surface area (Å²) in [5.74, 6) is 2.92. The number of carbonyl (C=O) groups is 2. The lowest BCUT2D eigenvalue weighted by Crippen LogP contribution is -2.28. The van der Waals surface area contributed by atoms with E-state index >= 15 is 0 Å². The molecule has 148 valence electrons. The number of hydrogen-bond acceptors (Lipinski definition) is 5. The molecule has 1 aliphatic rings. The number of amides is 2. The zero-order valence-corrected chi connectivity index (χ0v) is 18.4. The Balaban J connectivity index is 1.83. The van der Waals surface area contributed by atoms with Gasteiger partial charge in [-0.1, -0.05) is 29.7 Å². The molecule has 29 heavy (non-hydrogen) atoms. The maximum Gasteiger partial charge on any atom is 0.294 e. The number of hydrogen-bond donors (Lipinski definition) is 0. The summed E-state index contributed by atoms with van der Waals surface area (Å²) in [6, 6.07) is 10.9. The fourth-order valence-electron chi connectivity index (χ4n) is 2.58. The molecule has 3 rings (SSSR count). The summed E-state index contributed by atoms with van der Waals surface area (Å²) >= 11 is 10.2. The fraction of sp³-hybridized carbons (Fsp3) is 0.143. The first-order chi connectivity index (χ1) is 13.9. The van der Waals surface area contributed by atoms with Gasteiger partial charge in [0.25, 0.3) is 11.1 Å². The number of thioether (sulfide) groups is 1. The molecule has 0 spiro atoms. The highest BCUT2D eigenvalue weighted by Crippen LogP contribution is 2.39. The highest BCUT2D eigenvalue weighted by molar-refractivity contribution is 9.10. The number of rotatable bonds is 6. The van der Waals surface area contributed by atoms with Gasteiger partial charge in [-0.2, -0.15) is 0 Å². The standard InChI is InChI=1S/C21H15BrClNO4S/c1-3-8-24-20(25)18(29-21(24)26)11-14-9-16(22)19(17(10-14)27-2)28-12-13-4-6-15(23)7-5-13/h1,4-7,9-11H,8,12H2,2H3/b18-11+. The first kappa shape index (κ1) is 21.3. The molecule has 2 aromatic carbocycles. The van der Waals surface area contributed by atoms with Gasteiger partial charge in [-0.15, -0.1) is 6.42 Å². The van der Waals surface area contributed by atoms with Crippen LogP contribution in [0.15, 0.2) is 45.8 Å². The van der Waals surface area contributed by atoms with Crippen LogP contribution >= 0.6 is 39.3 Å². The summed E-state index contributed by atoms with van der Waals surface area (Å²) in [6.07, 6.45) is 6.84. The van der Waals surface area contributed by atoms with E-state index in [4.69, 9.17) is 27.5 Å². The Morgan fingerprint density at radius 3 is 2.66 bits per heavy atom. The Kier molecular flexibility index (Phi) is 6.91. The summed E-state index contributed by atoms with van der Waals surface area (Å²) < 4.78 is 12.0. The highest BCUT2D eigenvalue weighted by atomic mass is 79.9. The van der Waals surface area contributed by atoms with Gasteiger partial charge in [0.2, 0.25) is 0 Å². The quantitative estimate of drug-likeness (QED) is 0.401. The minimum Gasteiger partial charge on any atom is -0.493 e. The zero-order valence-electron chi connectivity index (χ0n) is 15.3. The smallest absolute Gasteiger partial charge is 0.294 e. The summed E-state index contributed by atoms with van der Waals surface area (Å²) in [6.45, 7) is 0.281. The van der Waals surface area contributed by atoms with Crippen LogP contribution in [0, 0.1) is 12.3 Å². The largest absolute Gasteiger partial charge is 0.493 e. The number of carbonyl (C=O) groups excluding carboxylic acids is 2. The van der Waals surface area contributed by atoms with Crippen molar-refractivity contribution in [3.8, 4) is 23.8 Å². The minimum atomic E-state index is -0.406. The van der Waals surface area contributed by atoms with Crippen molar-refractivity contribution >= 4 is 56.5 Å². The molecule has 0 atom stereocenters. The number of imide groups is 1. The Morgan fingerprint density at radius 1 is 1.28 bits per heavy atom. The molecule has 2 aromatic rings. The first-order valence-electron chi connectivity index (χ1n) is 8.36. The van der Waals surface area contributed by atoms with Gasteiger partial charge in [0, 0.05) is 5.02 Å². The molecule has 8 heteroatoms. The maximum absolute atomic E-state index is 12.3. The average Bonchev–Trinajstić information content (AvgIpc) is 2.96. The topological polar surface area (TPSA) is 55.8 Å². The van der Waals surface area contributed by atoms with Gasteiger partial charge in [-0.3, -0.25) is 14.5 Å². The third-order valence-electron chi connectivity index (χ3n) is 3.97. The second-order valence-corrected chi connectivity index (χ2v) is 8.21. The van der Waals surface area contributed by atoms with E-state index in [1.165, 1.54) is 7.11 Å². The molecule has 5 nitrogen and oxygen atoms in total. The van der Waals surface area contributed by atoms with Crippen LogP contribution in [-0.4, -0.2) is 29.7 Å². The highest BCUT2D eigenvalue weighted by Gasteiger charge is 2.34. The average molecular weight is 493 g/mol. The third kappa shape index (κ3) is 4.96. The normalized spacial score (nSPS) is 15.0. The summed E-state index contributed by atoms with van der Waals surface area (Å²) in [7, 11) is 1.53. The van der Waals surface area contributed by atoms with E-state index < -0.39 is 5.91 Å². The second-order valence-electron chi connectivity index (χ2n) is 5.92. The van der Waals surface area contributed by atoms with Crippen molar-refractivity contribution in [3.63, 3.8) is 0 Å². The SMILES string of the molecule is C#CCN1C(=O)S/C(=C/c2cc(Br)c(OCc3ccc(Cl)cc3)c(OC)c2)C1=O. The lowest BCUT2D eigenvalue weighted by atomic mass is 10.1. The van der Waals surface area contributed by atoms with Crippen LogP contribution in [0.5, 0.6) is 11.5 Å². The van der Waals surface area contributed by atoms with Crippen molar-refractivity contribution in [2.45, 2.75) is 6.61 Å². The Hall–Kier alpha value is -2.40. The number of ether oxygens (including phenoxy) is 2. The van der Waals surface area contributed by atoms with Crippen molar-refractivity contribution < 1.29 is 19.1 Å². The molecule has 0 saturated carbocycles. The molecule has 0 aromatic heterocycles. The van der Waals surface area contributed by atoms with Crippen LogP contribution in [0.4, 0.5) is 4.79 Å². The number of halogens is 2. The van der Waals surface area contributed by atoms with E-state index in [0.717, 1.165) is 22.2 Å². The molecule has 1 fully saturated rings. The van der Waals surface area contributed by atoms with E-state index in [1.807, 2.05) is 12.1 Å². The van der Waals surface area contributed by atoms with Crippen molar-refractivity contribution in [1.82, 2.24) is 4.90 Å². The number of methoxy groups -OCH3 is 1. The predicted octanol–water partition coefficient (Wildman–Crippen LogP) is 5.36. The van der Waals surface area contributed by atoms with Gasteiger partial charge in [-0.25, -0.2) is 0 Å². The third-order valence-corrected chi connectivity index (χ3v) is 5.72. The monoisotopic (exact) mass is 491 g/mol. The Labute approximate surface area is 186 Å². The minimum absolute atomic E-state index is 0.0491. The van der Waals surface area contributed by atoms with Crippen LogP contribution < -0.4 is 9.47 Å². The number of terminal acetylenes is 1. The van der Waals surface area contributed by atoms with Gasteiger partial charge in [0.15, 0.2) is 11.5 Å². The van der Waals surface area contributed by atoms with Gasteiger partial charge < -0.3 is 9.47 Å². The van der Waals surface area contributed by atoms with E-state index in [2.05, 4.69) is 21.9 Å². The van der Waals surface area contributed by atoms with Gasteiger partial charge in [0.1, 0.15) is 6.61 Å². The molecular formula is C21H15BrClNO4S. The molecule has 0 bridgehead atoms. The van der Waals surface area contributed by atoms with Crippen LogP contribution in [-0.2, 0) is 11.4 Å². The Bertz CT molecular complexity index is 1030. The van der Waals surface area contributed by atoms with E-state index in [-0.39, 0.29) is 11.8 Å². The van der Waals surface area contributed by atoms with E-state index in [1.54, 1.807) is 30.3 Å². The molecule has 0 radical (unpaired) electrons. The lowest BCUT2D eigenvalue weighted by molar-refractivity contribution is -0.122.